The van der Waals surface area contributed by atoms with Crippen LogP contribution in [0.25, 0.3) is 0 Å². The van der Waals surface area contributed by atoms with Gasteiger partial charge in [0.05, 0.1) is 5.56 Å². The van der Waals surface area contributed by atoms with Gasteiger partial charge in [-0.2, -0.15) is 0 Å². The van der Waals surface area contributed by atoms with Crippen molar-refractivity contribution >= 4 is 17.7 Å². The summed E-state index contributed by atoms with van der Waals surface area (Å²) in [6.07, 6.45) is 3.71. The number of carbonyl (C=O) groups excluding carboxylic acids is 1. The molecule has 1 aromatic carbocycles. The highest BCUT2D eigenvalue weighted by Crippen LogP contribution is 2.20. The molecule has 1 amide bonds. The Kier molecular flexibility index (Phi) is 6.52. The number of nitrogens with one attached hydrogen (secondary N) is 2. The van der Waals surface area contributed by atoms with Gasteiger partial charge in [0.15, 0.2) is 0 Å². The molecule has 1 aliphatic rings. The van der Waals surface area contributed by atoms with Crippen molar-refractivity contribution in [2.24, 2.45) is 0 Å². The summed E-state index contributed by atoms with van der Waals surface area (Å²) >= 11 is 0. The van der Waals surface area contributed by atoms with E-state index in [0.717, 1.165) is 43.9 Å². The number of rotatable bonds is 6. The Morgan fingerprint density at radius 3 is 2.45 bits per heavy atom. The molecule has 1 saturated heterocycles. The van der Waals surface area contributed by atoms with Gasteiger partial charge in [0.2, 0.25) is 5.95 Å². The van der Waals surface area contributed by atoms with E-state index in [-0.39, 0.29) is 11.9 Å². The predicted molar refractivity (Wildman–Crippen MR) is 122 cm³/mol. The summed E-state index contributed by atoms with van der Waals surface area (Å²) in [4.78, 5) is 28.4. The average Bonchev–Trinajstić information content (AvgIpc) is 2.75. The van der Waals surface area contributed by atoms with Gasteiger partial charge >= 0.3 is 0 Å². The van der Waals surface area contributed by atoms with Crippen LogP contribution in [0.4, 0.5) is 11.8 Å². The average molecular weight is 417 g/mol. The Labute approximate surface area is 183 Å². The van der Waals surface area contributed by atoms with Crippen molar-refractivity contribution in [3.63, 3.8) is 0 Å². The maximum atomic E-state index is 12.9. The fourth-order valence-corrected chi connectivity index (χ4v) is 3.92. The molecule has 0 radical (unpaired) electrons. The lowest BCUT2D eigenvalue weighted by atomic mass is 10.0. The number of pyridine rings is 1. The highest BCUT2D eigenvalue weighted by atomic mass is 16.1. The third-order valence-electron chi connectivity index (χ3n) is 5.44. The standard InChI is InChI=1S/C24H28N6O/c1-17-15-18(2)27-24(26-17)29-23(31)21-9-6-12-25-22(21)28-20-10-13-30(14-11-20)16-19-7-4-3-5-8-19/h3-9,12,15,20H,10-11,13-14,16H2,1-2H3,(H,25,28)(H,26,27,29,31). The second-order valence-corrected chi connectivity index (χ2v) is 8.01. The van der Waals surface area contributed by atoms with Crippen LogP contribution < -0.4 is 10.6 Å². The lowest BCUT2D eigenvalue weighted by Gasteiger charge is -2.32. The number of anilines is 2. The van der Waals surface area contributed by atoms with Gasteiger partial charge in [-0.3, -0.25) is 15.0 Å². The van der Waals surface area contributed by atoms with Crippen LogP contribution in [0.3, 0.4) is 0 Å². The largest absolute Gasteiger partial charge is 0.367 e. The molecule has 2 N–H and O–H groups in total. The number of likely N-dealkylation sites (tertiary alicyclic amines) is 1. The summed E-state index contributed by atoms with van der Waals surface area (Å²) in [5, 5.41) is 6.29. The molecule has 31 heavy (non-hydrogen) atoms. The molecule has 3 aromatic rings. The van der Waals surface area contributed by atoms with E-state index in [2.05, 4.69) is 54.8 Å². The highest BCUT2D eigenvalue weighted by molar-refractivity contribution is 6.06. The van der Waals surface area contributed by atoms with Gasteiger partial charge in [-0.15, -0.1) is 0 Å². The van der Waals surface area contributed by atoms with Gasteiger partial charge in [-0.05, 0) is 50.5 Å². The Balaban J connectivity index is 1.37. The van der Waals surface area contributed by atoms with Crippen molar-refractivity contribution in [3.8, 4) is 0 Å². The maximum Gasteiger partial charge on any atom is 0.261 e. The zero-order valence-electron chi connectivity index (χ0n) is 18.0. The van der Waals surface area contributed by atoms with E-state index in [1.807, 2.05) is 26.0 Å². The van der Waals surface area contributed by atoms with Gasteiger partial charge in [-0.25, -0.2) is 15.0 Å². The van der Waals surface area contributed by atoms with E-state index >= 15 is 0 Å². The van der Waals surface area contributed by atoms with E-state index < -0.39 is 0 Å². The monoisotopic (exact) mass is 416 g/mol. The van der Waals surface area contributed by atoms with Crippen LogP contribution in [0, 0.1) is 13.8 Å². The number of aryl methyl sites for hydroxylation is 2. The molecule has 7 nitrogen and oxygen atoms in total. The third-order valence-corrected chi connectivity index (χ3v) is 5.44. The van der Waals surface area contributed by atoms with Crippen LogP contribution >= 0.6 is 0 Å². The van der Waals surface area contributed by atoms with Crippen LogP contribution in [0.15, 0.2) is 54.7 Å². The Morgan fingerprint density at radius 1 is 1.03 bits per heavy atom. The van der Waals surface area contributed by atoms with Crippen molar-refractivity contribution in [2.75, 3.05) is 23.7 Å². The number of benzene rings is 1. The quantitative estimate of drug-likeness (QED) is 0.636. The van der Waals surface area contributed by atoms with Crippen LogP contribution in [0.1, 0.15) is 40.2 Å². The molecule has 0 bridgehead atoms. The molecule has 4 rings (SSSR count). The van der Waals surface area contributed by atoms with E-state index in [4.69, 9.17) is 0 Å². The van der Waals surface area contributed by atoms with Crippen LogP contribution in [-0.4, -0.2) is 44.9 Å². The minimum atomic E-state index is -0.262. The van der Waals surface area contributed by atoms with E-state index in [1.165, 1.54) is 5.56 Å². The maximum absolute atomic E-state index is 12.9. The summed E-state index contributed by atoms with van der Waals surface area (Å²) < 4.78 is 0. The smallest absolute Gasteiger partial charge is 0.261 e. The fourth-order valence-electron chi connectivity index (χ4n) is 3.92. The molecule has 0 saturated carbocycles. The van der Waals surface area contributed by atoms with Gasteiger partial charge in [0, 0.05) is 43.3 Å². The Morgan fingerprint density at radius 2 is 1.74 bits per heavy atom. The van der Waals surface area contributed by atoms with Crippen LogP contribution in [0.5, 0.6) is 0 Å². The van der Waals surface area contributed by atoms with E-state index in [9.17, 15) is 4.79 Å². The summed E-state index contributed by atoms with van der Waals surface area (Å²) in [6.45, 7) is 6.76. The number of piperidine rings is 1. The molecule has 0 aliphatic carbocycles. The number of hydrogen-bond acceptors (Lipinski definition) is 6. The molecule has 2 aromatic heterocycles. The third kappa shape index (κ3) is 5.64. The van der Waals surface area contributed by atoms with Crippen molar-refractivity contribution in [3.05, 3.63) is 77.2 Å². The first kappa shape index (κ1) is 20.9. The van der Waals surface area contributed by atoms with Gasteiger partial charge in [0.1, 0.15) is 5.82 Å². The number of aromatic nitrogens is 3. The van der Waals surface area contributed by atoms with Crippen LogP contribution in [0.2, 0.25) is 0 Å². The van der Waals surface area contributed by atoms with Crippen molar-refractivity contribution in [1.29, 1.82) is 0 Å². The molecular formula is C24H28N6O. The zero-order valence-corrected chi connectivity index (χ0v) is 18.0. The normalized spacial score (nSPS) is 14.9. The first-order valence-corrected chi connectivity index (χ1v) is 10.7. The molecule has 1 fully saturated rings. The van der Waals surface area contributed by atoms with Gasteiger partial charge < -0.3 is 5.32 Å². The Bertz CT molecular complexity index is 1010. The van der Waals surface area contributed by atoms with Gasteiger partial charge in [0.25, 0.3) is 5.91 Å². The number of carbonyl (C=O) groups is 1. The lowest BCUT2D eigenvalue weighted by Crippen LogP contribution is -2.39. The molecule has 1 aliphatic heterocycles. The minimum Gasteiger partial charge on any atom is -0.367 e. The number of hydrogen-bond donors (Lipinski definition) is 2. The predicted octanol–water partition coefficient (Wildman–Crippen LogP) is 3.82. The number of amides is 1. The van der Waals surface area contributed by atoms with Crippen molar-refractivity contribution in [1.82, 2.24) is 19.9 Å². The van der Waals surface area contributed by atoms with Crippen molar-refractivity contribution in [2.45, 2.75) is 39.3 Å². The molecule has 3 heterocycles. The van der Waals surface area contributed by atoms with Crippen molar-refractivity contribution < 1.29 is 4.79 Å². The van der Waals surface area contributed by atoms with E-state index in [1.54, 1.807) is 18.3 Å². The molecule has 160 valence electrons. The topological polar surface area (TPSA) is 83.0 Å². The van der Waals surface area contributed by atoms with E-state index in [0.29, 0.717) is 17.3 Å². The second kappa shape index (κ2) is 9.66. The van der Waals surface area contributed by atoms with Crippen LogP contribution in [-0.2, 0) is 6.54 Å². The molecule has 0 spiro atoms. The summed E-state index contributed by atoms with van der Waals surface area (Å²) in [5.74, 6) is 0.652. The van der Waals surface area contributed by atoms with Gasteiger partial charge in [-0.1, -0.05) is 30.3 Å². The molecular weight excluding hydrogens is 388 g/mol. The molecule has 7 heteroatoms. The first-order chi connectivity index (χ1) is 15.1. The molecule has 0 atom stereocenters. The zero-order chi connectivity index (χ0) is 21.6. The highest BCUT2D eigenvalue weighted by Gasteiger charge is 2.22. The summed E-state index contributed by atoms with van der Waals surface area (Å²) in [7, 11) is 0. The summed E-state index contributed by atoms with van der Waals surface area (Å²) in [6, 6.07) is 16.3. The fraction of sp³-hybridized carbons (Fsp3) is 0.333. The lowest BCUT2D eigenvalue weighted by molar-refractivity contribution is 0.102. The summed E-state index contributed by atoms with van der Waals surface area (Å²) in [5.41, 5.74) is 3.47. The number of nitrogens with zero attached hydrogens (tertiary/aromatic N) is 4. The second-order valence-electron chi connectivity index (χ2n) is 8.01. The SMILES string of the molecule is Cc1cc(C)nc(NC(=O)c2cccnc2NC2CCN(Cc3ccccc3)CC2)n1. The first-order valence-electron chi connectivity index (χ1n) is 10.7. The minimum absolute atomic E-state index is 0.262. The Hall–Kier alpha value is -3.32. The molecule has 0 unspecified atom stereocenters.